The Morgan fingerprint density at radius 3 is 1.44 bits per heavy atom. The SMILES string of the molecule is CC.CC[SiH2][Zr+2]([CH]1C(C)=Cc2c(C(C)C)cccc21)[CH]1C(C)=Cc2c(C(C)C)cccc21.[Cl-].[Cl-]. The number of halogens is 2. The maximum Gasteiger partial charge on any atom is -1.00 e. The van der Waals surface area contributed by atoms with Gasteiger partial charge in [-0.05, 0) is 0 Å². The molecule has 2 aliphatic carbocycles. The van der Waals surface area contributed by atoms with Crippen molar-refractivity contribution in [1.29, 1.82) is 0 Å². The zero-order valence-corrected chi connectivity index (χ0v) is 28.0. The van der Waals surface area contributed by atoms with Gasteiger partial charge in [0.15, 0.2) is 0 Å². The van der Waals surface area contributed by atoms with Crippen LogP contribution in [0.2, 0.25) is 6.04 Å². The van der Waals surface area contributed by atoms with Crippen LogP contribution in [0.25, 0.3) is 12.2 Å². The molecule has 0 spiro atoms. The third-order valence-corrected chi connectivity index (χ3v) is 28.4. The summed E-state index contributed by atoms with van der Waals surface area (Å²) in [5.74, 6) is 1.20. The Labute approximate surface area is 231 Å². The van der Waals surface area contributed by atoms with Crippen molar-refractivity contribution in [2.45, 2.75) is 87.4 Å². The van der Waals surface area contributed by atoms with E-state index in [1.54, 1.807) is 44.5 Å². The van der Waals surface area contributed by atoms with E-state index in [1.807, 2.05) is 13.8 Å². The molecule has 4 heteroatoms. The second-order valence-electron chi connectivity index (χ2n) is 9.98. The molecule has 2 aromatic rings. The van der Waals surface area contributed by atoms with Crippen LogP contribution in [-0.2, 0) is 20.9 Å². The van der Waals surface area contributed by atoms with Gasteiger partial charge in [-0.2, -0.15) is 0 Å². The van der Waals surface area contributed by atoms with Gasteiger partial charge in [-0.15, -0.1) is 0 Å². The number of allylic oxidation sites excluding steroid dienone is 2. The number of hydrogen-bond donors (Lipinski definition) is 0. The first kappa shape index (κ1) is 31.6. The molecule has 0 aromatic heterocycles. The molecule has 0 amide bonds. The fourth-order valence-electron chi connectivity index (χ4n) is 5.89. The molecule has 0 saturated carbocycles. The topological polar surface area (TPSA) is 0 Å². The molecule has 0 fully saturated rings. The zero-order valence-electron chi connectivity index (χ0n) is 22.6. The van der Waals surface area contributed by atoms with Crippen molar-refractivity contribution in [3.63, 3.8) is 0 Å². The van der Waals surface area contributed by atoms with Gasteiger partial charge in [0.1, 0.15) is 0 Å². The minimum Gasteiger partial charge on any atom is -1.00 e. The zero-order chi connectivity index (χ0) is 23.6. The molecule has 0 radical (unpaired) electrons. The van der Waals surface area contributed by atoms with Crippen molar-refractivity contribution >= 4 is 18.8 Å². The molecular formula is C30H43Cl2SiZr. The Morgan fingerprint density at radius 2 is 1.12 bits per heavy atom. The van der Waals surface area contributed by atoms with Gasteiger partial charge in [-0.1, -0.05) is 13.8 Å². The molecule has 0 saturated heterocycles. The predicted octanol–water partition coefficient (Wildman–Crippen LogP) is 2.72. The third-order valence-electron chi connectivity index (χ3n) is 7.15. The molecule has 2 atom stereocenters. The monoisotopic (exact) mass is 591 g/mol. The summed E-state index contributed by atoms with van der Waals surface area (Å²) in [6.45, 7) is 20.7. The third kappa shape index (κ3) is 5.94. The average molecular weight is 594 g/mol. The molecule has 34 heavy (non-hydrogen) atoms. The quantitative estimate of drug-likeness (QED) is 0.452. The van der Waals surface area contributed by atoms with Crippen molar-refractivity contribution < 1.29 is 45.7 Å². The van der Waals surface area contributed by atoms with Crippen molar-refractivity contribution in [3.05, 3.63) is 80.9 Å². The first-order valence-electron chi connectivity index (χ1n) is 12.8. The van der Waals surface area contributed by atoms with Gasteiger partial charge in [-0.25, -0.2) is 0 Å². The molecule has 0 bridgehead atoms. The van der Waals surface area contributed by atoms with Crippen LogP contribution in [0.15, 0.2) is 47.5 Å². The van der Waals surface area contributed by atoms with Crippen LogP contribution in [0, 0.1) is 0 Å². The number of rotatable bonds is 6. The predicted molar refractivity (Wildman–Crippen MR) is 144 cm³/mol. The Morgan fingerprint density at radius 1 is 0.735 bits per heavy atom. The van der Waals surface area contributed by atoms with Crippen LogP contribution in [0.5, 0.6) is 0 Å². The smallest absolute Gasteiger partial charge is 1.00 e. The van der Waals surface area contributed by atoms with Gasteiger partial charge < -0.3 is 24.8 Å². The fraction of sp³-hybridized carbons (Fsp3) is 0.467. The number of fused-ring (bicyclic) bond motifs is 2. The summed E-state index contributed by atoms with van der Waals surface area (Å²) < 4.78 is 1.57. The van der Waals surface area contributed by atoms with Gasteiger partial charge >= 0.3 is 194 Å². The van der Waals surface area contributed by atoms with E-state index in [9.17, 15) is 0 Å². The molecule has 0 heterocycles. The normalized spacial score (nSPS) is 18.0. The summed E-state index contributed by atoms with van der Waals surface area (Å²) in [5, 5.41) is 0. The number of hydrogen-bond acceptors (Lipinski definition) is 0. The second kappa shape index (κ2) is 13.8. The Hall–Kier alpha value is -0.400. The van der Waals surface area contributed by atoms with Gasteiger partial charge in [0.25, 0.3) is 0 Å². The maximum atomic E-state index is 2.57. The molecule has 2 aromatic carbocycles. The Bertz CT molecular complexity index is 943. The van der Waals surface area contributed by atoms with E-state index >= 15 is 0 Å². The number of benzene rings is 2. The molecule has 0 aliphatic heterocycles. The fourth-order valence-corrected chi connectivity index (χ4v) is 29.3. The first-order chi connectivity index (χ1) is 15.3. The van der Waals surface area contributed by atoms with Crippen LogP contribution < -0.4 is 24.8 Å². The molecular weight excluding hydrogens is 551 g/mol. The van der Waals surface area contributed by atoms with E-state index in [2.05, 4.69) is 97.0 Å². The van der Waals surface area contributed by atoms with Crippen molar-refractivity contribution in [1.82, 2.24) is 0 Å². The molecule has 2 unspecified atom stereocenters. The Kier molecular flexibility index (Phi) is 12.8. The van der Waals surface area contributed by atoms with E-state index in [1.165, 1.54) is 6.04 Å². The average Bonchev–Trinajstić information content (AvgIpc) is 3.28. The minimum atomic E-state index is -1.77. The second-order valence-corrected chi connectivity index (χ2v) is 25.7. The maximum absolute atomic E-state index is 2.57. The van der Waals surface area contributed by atoms with E-state index in [0.717, 1.165) is 7.25 Å². The summed E-state index contributed by atoms with van der Waals surface area (Å²) in [4.78, 5) is 0. The summed E-state index contributed by atoms with van der Waals surface area (Å²) in [6, 6.07) is 15.8. The van der Waals surface area contributed by atoms with Crippen molar-refractivity contribution in [2.75, 3.05) is 0 Å². The van der Waals surface area contributed by atoms with Crippen LogP contribution in [0.4, 0.5) is 0 Å². The largest absolute Gasteiger partial charge is 1.00 e. The van der Waals surface area contributed by atoms with Gasteiger partial charge in [0.2, 0.25) is 0 Å². The van der Waals surface area contributed by atoms with Gasteiger partial charge in [0.05, 0.1) is 0 Å². The minimum absolute atomic E-state index is 0. The summed E-state index contributed by atoms with van der Waals surface area (Å²) in [5.41, 5.74) is 13.0. The molecule has 185 valence electrons. The Balaban J connectivity index is 0.00000141. The molecule has 0 nitrogen and oxygen atoms in total. The van der Waals surface area contributed by atoms with Crippen LogP contribution >= 0.6 is 0 Å². The summed E-state index contributed by atoms with van der Waals surface area (Å²) >= 11 is -1.77. The summed E-state index contributed by atoms with van der Waals surface area (Å²) in [7, 11) is 0. The first-order valence-corrected chi connectivity index (χ1v) is 22.6. The van der Waals surface area contributed by atoms with Crippen molar-refractivity contribution in [2.24, 2.45) is 0 Å². The van der Waals surface area contributed by atoms with Crippen LogP contribution in [0.3, 0.4) is 0 Å². The molecule has 2 aliphatic rings. The van der Waals surface area contributed by atoms with Crippen molar-refractivity contribution in [3.8, 4) is 0 Å². The van der Waals surface area contributed by atoms with E-state index in [-0.39, 0.29) is 31.5 Å². The van der Waals surface area contributed by atoms with E-state index in [0.29, 0.717) is 11.8 Å². The van der Waals surface area contributed by atoms with Crippen LogP contribution in [-0.4, -0.2) is 6.65 Å². The van der Waals surface area contributed by atoms with Gasteiger partial charge in [-0.3, -0.25) is 0 Å². The van der Waals surface area contributed by atoms with E-state index < -0.39 is 20.9 Å². The standard InChI is InChI=1S/2C13H15.C2H7Si.C2H6.2ClH.Zr/c2*1-9(2)12-6-4-5-11-7-10(3)8-13(11)12;1-2-3;1-2;;;/h2*4-9H,1-3H3;2-3H2,1H3;1-2H3;2*1H;/q;;;;;;+2/p-2. The van der Waals surface area contributed by atoms with Gasteiger partial charge in [0, 0.05) is 0 Å². The van der Waals surface area contributed by atoms with Crippen LogP contribution in [0.1, 0.15) is 115 Å². The van der Waals surface area contributed by atoms with E-state index in [4.69, 9.17) is 0 Å². The molecule has 4 rings (SSSR count). The summed E-state index contributed by atoms with van der Waals surface area (Å²) in [6.07, 6.45) is 5.14. The molecule has 0 N–H and O–H groups in total.